The van der Waals surface area contributed by atoms with Crippen molar-refractivity contribution in [2.45, 2.75) is 18.9 Å². The molecule has 0 unspecified atom stereocenters. The second kappa shape index (κ2) is 6.18. The zero-order valence-electron chi connectivity index (χ0n) is 7.95. The lowest BCUT2D eigenvalue weighted by atomic mass is 10.1. The first kappa shape index (κ1) is 12.7. The minimum absolute atomic E-state index is 0. The number of amides is 1. The molecule has 0 spiro atoms. The van der Waals surface area contributed by atoms with Gasteiger partial charge in [0, 0.05) is 13.1 Å². The third-order valence-electron chi connectivity index (χ3n) is 2.42. The van der Waals surface area contributed by atoms with E-state index in [9.17, 15) is 4.79 Å². The molecule has 0 aromatic heterocycles. The van der Waals surface area contributed by atoms with Crippen LogP contribution in [0.2, 0.25) is 0 Å². The van der Waals surface area contributed by atoms with E-state index in [0.29, 0.717) is 6.04 Å². The van der Waals surface area contributed by atoms with E-state index in [-0.39, 0.29) is 24.9 Å². The van der Waals surface area contributed by atoms with E-state index in [4.69, 9.17) is 5.73 Å². The highest BCUT2D eigenvalue weighted by molar-refractivity contribution is 5.85. The lowest BCUT2D eigenvalue weighted by Crippen LogP contribution is -2.45. The number of rotatable bonds is 2. The lowest BCUT2D eigenvalue weighted by Gasteiger charge is -2.31. The predicted molar refractivity (Wildman–Crippen MR) is 55.0 cm³/mol. The maximum Gasteiger partial charge on any atom is 0.236 e. The molecule has 0 aromatic rings. The van der Waals surface area contributed by atoms with Crippen molar-refractivity contribution in [3.8, 4) is 0 Å². The first-order chi connectivity index (χ1) is 5.75. The van der Waals surface area contributed by atoms with Gasteiger partial charge in [-0.3, -0.25) is 4.79 Å². The van der Waals surface area contributed by atoms with Crippen LogP contribution in [0.4, 0.5) is 0 Å². The minimum atomic E-state index is 0. The second-order valence-electron chi connectivity index (χ2n) is 3.19. The number of likely N-dealkylation sites (N-methyl/N-ethyl adjacent to an activating group) is 1. The third kappa shape index (κ3) is 3.50. The van der Waals surface area contributed by atoms with Gasteiger partial charge in [0.1, 0.15) is 0 Å². The maximum atomic E-state index is 11.2. The van der Waals surface area contributed by atoms with Crippen molar-refractivity contribution in [1.82, 2.24) is 10.2 Å². The molecule has 1 heterocycles. The zero-order valence-corrected chi connectivity index (χ0v) is 8.77. The molecule has 1 amide bonds. The fraction of sp³-hybridized carbons (Fsp3) is 0.875. The van der Waals surface area contributed by atoms with E-state index >= 15 is 0 Å². The molecule has 1 fully saturated rings. The smallest absolute Gasteiger partial charge is 0.236 e. The molecule has 0 aliphatic carbocycles. The highest BCUT2D eigenvalue weighted by Crippen LogP contribution is 2.09. The molecule has 0 bridgehead atoms. The predicted octanol–water partition coefficient (Wildman–Crippen LogP) is -0.423. The second-order valence-corrected chi connectivity index (χ2v) is 3.19. The van der Waals surface area contributed by atoms with Crippen LogP contribution >= 0.6 is 12.4 Å². The summed E-state index contributed by atoms with van der Waals surface area (Å²) in [5, 5.41) is 3.26. The number of nitrogens with one attached hydrogen (secondary N) is 1. The van der Waals surface area contributed by atoms with E-state index in [0.717, 1.165) is 25.9 Å². The van der Waals surface area contributed by atoms with E-state index in [1.807, 2.05) is 7.05 Å². The first-order valence-corrected chi connectivity index (χ1v) is 4.42. The number of halogens is 1. The van der Waals surface area contributed by atoms with Crippen LogP contribution in [0.5, 0.6) is 0 Å². The molecule has 4 nitrogen and oxygen atoms in total. The number of carbonyl (C=O) groups excluding carboxylic acids is 1. The SMILES string of the molecule is CN(C(=O)CN)C1CCNCC1.Cl. The van der Waals surface area contributed by atoms with Gasteiger partial charge >= 0.3 is 0 Å². The summed E-state index contributed by atoms with van der Waals surface area (Å²) in [7, 11) is 1.84. The molecule has 0 radical (unpaired) electrons. The summed E-state index contributed by atoms with van der Waals surface area (Å²) in [4.78, 5) is 13.0. The van der Waals surface area contributed by atoms with Crippen LogP contribution in [-0.4, -0.2) is 43.5 Å². The Labute approximate surface area is 85.3 Å². The normalized spacial score (nSPS) is 17.7. The third-order valence-corrected chi connectivity index (χ3v) is 2.42. The average Bonchev–Trinajstić information content (AvgIpc) is 2.17. The summed E-state index contributed by atoms with van der Waals surface area (Å²) in [5.74, 6) is 0.0434. The van der Waals surface area contributed by atoms with Crippen LogP contribution in [0.15, 0.2) is 0 Å². The van der Waals surface area contributed by atoms with Gasteiger partial charge in [-0.25, -0.2) is 0 Å². The molecule has 3 N–H and O–H groups in total. The van der Waals surface area contributed by atoms with Crippen molar-refractivity contribution in [1.29, 1.82) is 0 Å². The quantitative estimate of drug-likeness (QED) is 0.647. The Hall–Kier alpha value is -0.320. The summed E-state index contributed by atoms with van der Waals surface area (Å²) in [6.07, 6.45) is 2.09. The lowest BCUT2D eigenvalue weighted by molar-refractivity contribution is -0.130. The van der Waals surface area contributed by atoms with Crippen molar-refractivity contribution >= 4 is 18.3 Å². The van der Waals surface area contributed by atoms with Gasteiger partial charge in [0.2, 0.25) is 5.91 Å². The van der Waals surface area contributed by atoms with E-state index < -0.39 is 0 Å². The maximum absolute atomic E-state index is 11.2. The summed E-state index contributed by atoms with van der Waals surface area (Å²) in [6, 6.07) is 0.391. The van der Waals surface area contributed by atoms with Gasteiger partial charge in [0.15, 0.2) is 0 Å². The fourth-order valence-electron chi connectivity index (χ4n) is 1.54. The van der Waals surface area contributed by atoms with Crippen molar-refractivity contribution in [2.24, 2.45) is 5.73 Å². The molecular formula is C8H18ClN3O. The van der Waals surface area contributed by atoms with Gasteiger partial charge in [-0.1, -0.05) is 0 Å². The Kier molecular flexibility index (Phi) is 6.03. The monoisotopic (exact) mass is 207 g/mol. The molecule has 0 atom stereocenters. The Bertz CT molecular complexity index is 159. The van der Waals surface area contributed by atoms with Gasteiger partial charge in [0.25, 0.3) is 0 Å². The molecule has 1 saturated heterocycles. The van der Waals surface area contributed by atoms with Crippen molar-refractivity contribution in [3.05, 3.63) is 0 Å². The summed E-state index contributed by atoms with van der Waals surface area (Å²) < 4.78 is 0. The molecule has 13 heavy (non-hydrogen) atoms. The highest BCUT2D eigenvalue weighted by Gasteiger charge is 2.20. The van der Waals surface area contributed by atoms with Crippen molar-refractivity contribution in [2.75, 3.05) is 26.7 Å². The average molecular weight is 208 g/mol. The standard InChI is InChI=1S/C8H17N3O.ClH/c1-11(8(12)6-9)7-2-4-10-5-3-7;/h7,10H,2-6,9H2,1H3;1H. The topological polar surface area (TPSA) is 58.4 Å². The number of piperidine rings is 1. The number of nitrogens with zero attached hydrogens (tertiary/aromatic N) is 1. The van der Waals surface area contributed by atoms with Crippen LogP contribution in [0, 0.1) is 0 Å². The van der Waals surface area contributed by atoms with Crippen LogP contribution in [0.1, 0.15) is 12.8 Å². The van der Waals surface area contributed by atoms with Crippen molar-refractivity contribution in [3.63, 3.8) is 0 Å². The molecule has 5 heteroatoms. The molecule has 0 saturated carbocycles. The summed E-state index contributed by atoms with van der Waals surface area (Å²) >= 11 is 0. The molecule has 0 aromatic carbocycles. The van der Waals surface area contributed by atoms with Gasteiger partial charge in [-0.15, -0.1) is 12.4 Å². The van der Waals surface area contributed by atoms with Crippen LogP contribution in [0.3, 0.4) is 0 Å². The Morgan fingerprint density at radius 1 is 1.54 bits per heavy atom. The van der Waals surface area contributed by atoms with E-state index in [1.165, 1.54) is 0 Å². The summed E-state index contributed by atoms with van der Waals surface area (Å²) in [5.41, 5.74) is 5.27. The number of hydrogen-bond donors (Lipinski definition) is 2. The zero-order chi connectivity index (χ0) is 8.97. The van der Waals surface area contributed by atoms with Crippen molar-refractivity contribution < 1.29 is 4.79 Å². The Morgan fingerprint density at radius 2 is 2.08 bits per heavy atom. The fourth-order valence-corrected chi connectivity index (χ4v) is 1.54. The molecule has 78 valence electrons. The van der Waals surface area contributed by atoms with Crippen LogP contribution in [-0.2, 0) is 4.79 Å². The van der Waals surface area contributed by atoms with Gasteiger partial charge in [-0.05, 0) is 25.9 Å². The number of hydrogen-bond acceptors (Lipinski definition) is 3. The van der Waals surface area contributed by atoms with Gasteiger partial charge in [-0.2, -0.15) is 0 Å². The van der Waals surface area contributed by atoms with Gasteiger partial charge in [0.05, 0.1) is 6.54 Å². The van der Waals surface area contributed by atoms with E-state index in [1.54, 1.807) is 4.90 Å². The van der Waals surface area contributed by atoms with E-state index in [2.05, 4.69) is 5.32 Å². The highest BCUT2D eigenvalue weighted by atomic mass is 35.5. The molecule has 1 aliphatic rings. The Morgan fingerprint density at radius 3 is 2.54 bits per heavy atom. The number of nitrogens with two attached hydrogens (primary N) is 1. The Balaban J connectivity index is 0.00000144. The largest absolute Gasteiger partial charge is 0.342 e. The molecule has 1 rings (SSSR count). The van der Waals surface area contributed by atoms with Gasteiger partial charge < -0.3 is 16.0 Å². The first-order valence-electron chi connectivity index (χ1n) is 4.42. The van der Waals surface area contributed by atoms with Crippen LogP contribution < -0.4 is 11.1 Å². The molecule has 1 aliphatic heterocycles. The minimum Gasteiger partial charge on any atom is -0.342 e. The summed E-state index contributed by atoms with van der Waals surface area (Å²) in [6.45, 7) is 2.14. The van der Waals surface area contributed by atoms with Crippen LogP contribution in [0.25, 0.3) is 0 Å². The number of carbonyl (C=O) groups is 1. The molecular weight excluding hydrogens is 190 g/mol.